The molecule has 2 atom stereocenters. The number of anilines is 1. The van der Waals surface area contributed by atoms with Crippen molar-refractivity contribution in [1.82, 2.24) is 34.9 Å². The van der Waals surface area contributed by atoms with Crippen LogP contribution in [0.2, 0.25) is 0 Å². The molecule has 210 valence electrons. The summed E-state index contributed by atoms with van der Waals surface area (Å²) in [5, 5.41) is 13.0. The molecule has 0 radical (unpaired) electrons. The minimum absolute atomic E-state index is 0.399. The fourth-order valence-electron chi connectivity index (χ4n) is 5.80. The average Bonchev–Trinajstić information content (AvgIpc) is 3.72. The minimum Gasteiger partial charge on any atom is -0.383 e. The molecule has 0 spiro atoms. The number of aromatic nitrogens is 5. The molecule has 0 saturated heterocycles. The fraction of sp³-hybridized carbons (Fsp3) is 0.406. The predicted molar refractivity (Wildman–Crippen MR) is 164 cm³/mol. The van der Waals surface area contributed by atoms with Crippen LogP contribution in [-0.2, 0) is 6.54 Å². The molecule has 0 bridgehead atoms. The number of fused-ring (bicyclic) bond motifs is 1. The van der Waals surface area contributed by atoms with E-state index in [2.05, 4.69) is 81.3 Å². The Bertz CT molecular complexity index is 1420. The number of nitrogens with two attached hydrogens (primary N) is 1. The van der Waals surface area contributed by atoms with Gasteiger partial charge in [0.05, 0.1) is 17.6 Å². The van der Waals surface area contributed by atoms with E-state index >= 15 is 0 Å². The van der Waals surface area contributed by atoms with Gasteiger partial charge < -0.3 is 20.9 Å². The van der Waals surface area contributed by atoms with E-state index in [1.165, 1.54) is 17.6 Å². The van der Waals surface area contributed by atoms with Gasteiger partial charge >= 0.3 is 0 Å². The predicted octanol–water partition coefficient (Wildman–Crippen LogP) is 5.36. The first-order chi connectivity index (χ1) is 19.7. The highest BCUT2D eigenvalue weighted by molar-refractivity contribution is 5.99. The Morgan fingerprint density at radius 2 is 1.95 bits per heavy atom. The monoisotopic (exact) mass is 538 g/mol. The number of nitrogens with one attached hydrogen (secondary N) is 2. The third-order valence-electron chi connectivity index (χ3n) is 8.01. The number of nitrogen functional groups attached to an aromatic ring is 1. The van der Waals surface area contributed by atoms with Gasteiger partial charge in [-0.25, -0.2) is 9.97 Å². The molecule has 1 fully saturated rings. The topological polar surface area (TPSA) is 98.6 Å². The summed E-state index contributed by atoms with van der Waals surface area (Å²) in [6, 6.07) is 12.8. The number of allylic oxidation sites excluding steroid dienone is 2. The molecule has 0 amide bonds. The molecule has 8 nitrogen and oxygen atoms in total. The van der Waals surface area contributed by atoms with E-state index in [-0.39, 0.29) is 0 Å². The van der Waals surface area contributed by atoms with Crippen LogP contribution in [0.1, 0.15) is 50.6 Å². The van der Waals surface area contributed by atoms with E-state index < -0.39 is 0 Å². The Balaban J connectivity index is 1.17. The molecule has 1 aliphatic carbocycles. The maximum Gasteiger partial charge on any atom is 0.146 e. The number of rotatable bonds is 14. The molecule has 3 heterocycles. The first-order valence-corrected chi connectivity index (χ1v) is 14.5. The fourth-order valence-corrected chi connectivity index (χ4v) is 5.80. The molecule has 4 aromatic rings. The van der Waals surface area contributed by atoms with Crippen molar-refractivity contribution in [2.24, 2.45) is 5.92 Å². The summed E-state index contributed by atoms with van der Waals surface area (Å²) in [5.41, 5.74) is 11.7. The Hall–Kier alpha value is -3.75. The summed E-state index contributed by atoms with van der Waals surface area (Å²) >= 11 is 0. The molecule has 0 aliphatic heterocycles. The number of hydrogen-bond donors (Lipinski definition) is 3. The first-order valence-electron chi connectivity index (χ1n) is 14.5. The third-order valence-corrected chi connectivity index (χ3v) is 8.01. The summed E-state index contributed by atoms with van der Waals surface area (Å²) in [5.74, 6) is 1.17. The molecule has 5 rings (SSSR count). The van der Waals surface area contributed by atoms with Crippen LogP contribution >= 0.6 is 0 Å². The molecule has 40 heavy (non-hydrogen) atoms. The first kappa shape index (κ1) is 27.8. The van der Waals surface area contributed by atoms with Crippen molar-refractivity contribution >= 4 is 16.9 Å². The summed E-state index contributed by atoms with van der Waals surface area (Å²) < 4.78 is 4.30. The lowest BCUT2D eigenvalue weighted by Gasteiger charge is -2.15. The lowest BCUT2D eigenvalue weighted by atomic mass is 10.1. The SMILES string of the molecule is C=C/C(=C\C)CCNCCCNCC1CCC(n2cc(-c3ccn(Cc4ccccc4)n3)c3c(N)ncnc32)C1. The van der Waals surface area contributed by atoms with Gasteiger partial charge in [-0.2, -0.15) is 5.10 Å². The van der Waals surface area contributed by atoms with E-state index in [1.807, 2.05) is 23.0 Å². The van der Waals surface area contributed by atoms with Crippen LogP contribution in [0.3, 0.4) is 0 Å². The van der Waals surface area contributed by atoms with Crippen molar-refractivity contribution in [3.63, 3.8) is 0 Å². The van der Waals surface area contributed by atoms with Crippen molar-refractivity contribution in [3.8, 4) is 11.3 Å². The van der Waals surface area contributed by atoms with Crippen LogP contribution in [-0.4, -0.2) is 50.5 Å². The summed E-state index contributed by atoms with van der Waals surface area (Å²) in [6.07, 6.45) is 15.5. The van der Waals surface area contributed by atoms with E-state index in [4.69, 9.17) is 10.8 Å². The van der Waals surface area contributed by atoms with Gasteiger partial charge in [0.2, 0.25) is 0 Å². The van der Waals surface area contributed by atoms with Crippen LogP contribution in [0, 0.1) is 5.92 Å². The van der Waals surface area contributed by atoms with Crippen molar-refractivity contribution in [2.75, 3.05) is 31.9 Å². The lowest BCUT2D eigenvalue weighted by molar-refractivity contribution is 0.452. The second kappa shape index (κ2) is 13.5. The van der Waals surface area contributed by atoms with Gasteiger partial charge in [-0.1, -0.05) is 54.6 Å². The van der Waals surface area contributed by atoms with Crippen LogP contribution < -0.4 is 16.4 Å². The van der Waals surface area contributed by atoms with Crippen LogP contribution in [0.25, 0.3) is 22.3 Å². The molecule has 2 unspecified atom stereocenters. The van der Waals surface area contributed by atoms with Gasteiger partial charge in [0.15, 0.2) is 0 Å². The standard InChI is InChI=1S/C32H42N8/c1-3-24(4-2)13-17-34-15-8-16-35-20-26-11-12-27(19-26)40-22-28(30-31(33)36-23-37-32(30)40)29-14-18-39(38-29)21-25-9-6-5-7-10-25/h3-7,9-10,14,18,22-23,26-27,34-35H,1,8,11-13,15-17,19-21H2,2H3,(H2,33,36,37)/b24-4+. The summed E-state index contributed by atoms with van der Waals surface area (Å²) in [4.78, 5) is 8.98. The van der Waals surface area contributed by atoms with E-state index in [0.717, 1.165) is 80.7 Å². The Morgan fingerprint density at radius 3 is 2.77 bits per heavy atom. The zero-order valence-electron chi connectivity index (χ0n) is 23.6. The number of nitrogens with zero attached hydrogens (tertiary/aromatic N) is 5. The number of hydrogen-bond acceptors (Lipinski definition) is 6. The maximum atomic E-state index is 6.40. The van der Waals surface area contributed by atoms with Gasteiger partial charge in [-0.15, -0.1) is 0 Å². The van der Waals surface area contributed by atoms with Gasteiger partial charge in [-0.05, 0) is 82.8 Å². The maximum absolute atomic E-state index is 6.40. The normalized spacial score (nSPS) is 17.6. The summed E-state index contributed by atoms with van der Waals surface area (Å²) in [7, 11) is 0. The van der Waals surface area contributed by atoms with Crippen molar-refractivity contribution in [3.05, 3.63) is 85.0 Å². The quantitative estimate of drug-likeness (QED) is 0.148. The Morgan fingerprint density at radius 1 is 1.10 bits per heavy atom. The highest BCUT2D eigenvalue weighted by Crippen LogP contribution is 2.40. The largest absolute Gasteiger partial charge is 0.383 e. The van der Waals surface area contributed by atoms with E-state index in [0.29, 0.717) is 17.8 Å². The average molecular weight is 539 g/mol. The Labute approximate surface area is 237 Å². The number of benzene rings is 1. The van der Waals surface area contributed by atoms with E-state index in [9.17, 15) is 0 Å². The second-order valence-corrected chi connectivity index (χ2v) is 10.8. The molecule has 3 aromatic heterocycles. The zero-order valence-corrected chi connectivity index (χ0v) is 23.6. The summed E-state index contributed by atoms with van der Waals surface area (Å²) in [6.45, 7) is 10.8. The lowest BCUT2D eigenvalue weighted by Crippen LogP contribution is -2.26. The van der Waals surface area contributed by atoms with Gasteiger partial charge in [0.1, 0.15) is 17.8 Å². The highest BCUT2D eigenvalue weighted by Gasteiger charge is 2.28. The third kappa shape index (κ3) is 6.69. The molecule has 8 heteroatoms. The molecule has 1 aromatic carbocycles. The molecule has 4 N–H and O–H groups in total. The Kier molecular flexibility index (Phi) is 9.42. The van der Waals surface area contributed by atoms with Crippen molar-refractivity contribution < 1.29 is 0 Å². The zero-order chi connectivity index (χ0) is 27.7. The molecule has 1 aliphatic rings. The van der Waals surface area contributed by atoms with Gasteiger partial charge in [0.25, 0.3) is 0 Å². The smallest absolute Gasteiger partial charge is 0.146 e. The van der Waals surface area contributed by atoms with Crippen molar-refractivity contribution in [2.45, 2.75) is 51.6 Å². The van der Waals surface area contributed by atoms with E-state index in [1.54, 1.807) is 6.33 Å². The molecule has 1 saturated carbocycles. The van der Waals surface area contributed by atoms with Crippen LogP contribution in [0.15, 0.2) is 79.4 Å². The minimum atomic E-state index is 0.399. The molecular formula is C32H42N8. The van der Waals surface area contributed by atoms with Crippen LogP contribution in [0.5, 0.6) is 0 Å². The van der Waals surface area contributed by atoms with Gasteiger partial charge in [-0.3, -0.25) is 4.68 Å². The van der Waals surface area contributed by atoms with Gasteiger partial charge in [0, 0.05) is 24.0 Å². The van der Waals surface area contributed by atoms with Crippen LogP contribution in [0.4, 0.5) is 5.82 Å². The second-order valence-electron chi connectivity index (χ2n) is 10.8. The highest BCUT2D eigenvalue weighted by atomic mass is 15.3. The molecular weight excluding hydrogens is 496 g/mol. The van der Waals surface area contributed by atoms with Crippen molar-refractivity contribution in [1.29, 1.82) is 0 Å².